The topological polar surface area (TPSA) is 128 Å². The first-order valence-electron chi connectivity index (χ1n) is 14.8. The quantitative estimate of drug-likeness (QED) is 0.0588. The Morgan fingerprint density at radius 3 is 2.42 bits per heavy atom. The number of thioether (sulfide) groups is 1. The van der Waals surface area contributed by atoms with Gasteiger partial charge in [-0.2, -0.15) is 0 Å². The van der Waals surface area contributed by atoms with E-state index in [0.717, 1.165) is 16.3 Å². The zero-order chi connectivity index (χ0) is 33.5. The predicted molar refractivity (Wildman–Crippen MR) is 184 cm³/mol. The zero-order valence-electron chi connectivity index (χ0n) is 26.3. The number of imidazole rings is 1. The van der Waals surface area contributed by atoms with E-state index in [1.807, 2.05) is 24.3 Å². The second-order valence-corrected chi connectivity index (χ2v) is 13.1. The molecule has 1 aliphatic heterocycles. The molecule has 13 heteroatoms. The van der Waals surface area contributed by atoms with Crippen LogP contribution in [0.4, 0.5) is 5.13 Å². The van der Waals surface area contributed by atoms with Crippen molar-refractivity contribution in [1.82, 2.24) is 19.6 Å². The molecule has 1 aliphatic rings. The van der Waals surface area contributed by atoms with E-state index in [1.54, 1.807) is 41.8 Å². The molecule has 1 saturated heterocycles. The molecule has 0 bridgehead atoms. The summed E-state index contributed by atoms with van der Waals surface area (Å²) in [6, 6.07) is 21.9. The number of Topliss-reactive ketones (excluding diaryl/α,β-unsaturated/α-hetero) is 1. The van der Waals surface area contributed by atoms with Gasteiger partial charge in [-0.1, -0.05) is 71.6 Å². The minimum absolute atomic E-state index is 0.136. The first-order chi connectivity index (χ1) is 23.3. The smallest absolute Gasteiger partial charge is 0.301 e. The summed E-state index contributed by atoms with van der Waals surface area (Å²) in [6.45, 7) is 1.73. The lowest BCUT2D eigenvalue weighted by Gasteiger charge is -2.24. The summed E-state index contributed by atoms with van der Waals surface area (Å²) < 4.78 is 19.0. The standard InChI is InChI=1S/C35H29N5O6S2/c1-19-28(39-15-8-7-14-26(39)36-19)30(41)27-29(22-16-24(44-2)32(46-4)25(17-22)45-3)40(33(43)31(27)42)34-37-38-35(48-34)47-18-21-12-9-11-20-10-5-6-13-23(20)21/h5-17,29,41H,18H2,1-4H3. The number of carbonyl (C=O) groups excluding carboxylic acids is 2. The number of amides is 1. The fourth-order valence-electron chi connectivity index (χ4n) is 6.05. The number of aromatic nitrogens is 4. The molecule has 1 unspecified atom stereocenters. The van der Waals surface area contributed by atoms with Crippen molar-refractivity contribution in [2.24, 2.45) is 0 Å². The van der Waals surface area contributed by atoms with Crippen LogP contribution in [0.15, 0.2) is 88.9 Å². The van der Waals surface area contributed by atoms with Crippen molar-refractivity contribution in [2.45, 2.75) is 23.1 Å². The third kappa shape index (κ3) is 5.20. The highest BCUT2D eigenvalue weighted by molar-refractivity contribution is 8.00. The van der Waals surface area contributed by atoms with Crippen LogP contribution in [0.5, 0.6) is 17.2 Å². The van der Waals surface area contributed by atoms with E-state index >= 15 is 0 Å². The van der Waals surface area contributed by atoms with E-state index in [9.17, 15) is 14.7 Å². The van der Waals surface area contributed by atoms with Crippen molar-refractivity contribution in [3.63, 3.8) is 0 Å². The van der Waals surface area contributed by atoms with Gasteiger partial charge in [0.2, 0.25) is 10.9 Å². The van der Waals surface area contributed by atoms with Gasteiger partial charge in [-0.3, -0.25) is 18.9 Å². The van der Waals surface area contributed by atoms with E-state index in [4.69, 9.17) is 14.2 Å². The fourth-order valence-corrected chi connectivity index (χ4v) is 7.92. The molecule has 0 spiro atoms. The average Bonchev–Trinajstić information content (AvgIpc) is 3.79. The number of hydrogen-bond acceptors (Lipinski definition) is 11. The Hall–Kier alpha value is -5.40. The van der Waals surface area contributed by atoms with Gasteiger partial charge in [-0.25, -0.2) is 4.98 Å². The summed E-state index contributed by atoms with van der Waals surface area (Å²) in [7, 11) is 4.44. The monoisotopic (exact) mass is 679 g/mol. The number of pyridine rings is 1. The van der Waals surface area contributed by atoms with Gasteiger partial charge in [-0.15, -0.1) is 10.2 Å². The van der Waals surface area contributed by atoms with Crippen molar-refractivity contribution in [1.29, 1.82) is 0 Å². The van der Waals surface area contributed by atoms with Crippen LogP contribution in [-0.4, -0.2) is 57.7 Å². The normalized spacial score (nSPS) is 15.8. The third-order valence-electron chi connectivity index (χ3n) is 8.21. The maximum absolute atomic E-state index is 14.0. The fraction of sp³-hybridized carbons (Fsp3) is 0.171. The van der Waals surface area contributed by atoms with Gasteiger partial charge >= 0.3 is 5.91 Å². The number of carbonyl (C=O) groups is 2. The molecule has 1 amide bonds. The number of fused-ring (bicyclic) bond motifs is 2. The lowest BCUT2D eigenvalue weighted by Crippen LogP contribution is -2.29. The van der Waals surface area contributed by atoms with E-state index in [1.165, 1.54) is 49.3 Å². The van der Waals surface area contributed by atoms with E-state index in [2.05, 4.69) is 39.4 Å². The molecular formula is C35H29N5O6S2. The molecule has 7 rings (SSSR count). The predicted octanol–water partition coefficient (Wildman–Crippen LogP) is 6.59. The Morgan fingerprint density at radius 2 is 1.67 bits per heavy atom. The average molecular weight is 680 g/mol. The summed E-state index contributed by atoms with van der Waals surface area (Å²) in [5.74, 6) is -0.528. The maximum atomic E-state index is 14.0. The molecule has 3 aromatic heterocycles. The van der Waals surface area contributed by atoms with Crippen LogP contribution in [0, 0.1) is 6.92 Å². The summed E-state index contributed by atoms with van der Waals surface area (Å²) in [5, 5.41) is 23.2. The van der Waals surface area contributed by atoms with Crippen LogP contribution in [-0.2, 0) is 15.3 Å². The minimum Gasteiger partial charge on any atom is -0.505 e. The van der Waals surface area contributed by atoms with Gasteiger partial charge in [0.05, 0.1) is 38.6 Å². The number of benzene rings is 3. The molecule has 1 N–H and O–H groups in total. The summed E-state index contributed by atoms with van der Waals surface area (Å²) in [5.41, 5.74) is 2.78. The summed E-state index contributed by atoms with van der Waals surface area (Å²) in [4.78, 5) is 33.7. The van der Waals surface area contributed by atoms with Gasteiger partial charge in [0.25, 0.3) is 5.78 Å². The highest BCUT2D eigenvalue weighted by atomic mass is 32.2. The molecule has 1 atom stereocenters. The molecule has 0 saturated carbocycles. The van der Waals surface area contributed by atoms with E-state index in [-0.39, 0.29) is 16.5 Å². The number of aliphatic hydroxyl groups excluding tert-OH is 1. The molecule has 11 nitrogen and oxygen atoms in total. The SMILES string of the molecule is COc1cc(C2C(=C(O)c3c(C)nc4ccccn34)C(=O)C(=O)N2c2nnc(SCc3cccc4ccccc34)s2)cc(OC)c1OC. The molecule has 1 fully saturated rings. The van der Waals surface area contributed by atoms with Gasteiger partial charge in [0.1, 0.15) is 11.3 Å². The Kier molecular flexibility index (Phi) is 8.23. The number of aliphatic hydroxyl groups is 1. The van der Waals surface area contributed by atoms with Gasteiger partial charge in [0.15, 0.2) is 21.6 Å². The molecule has 242 valence electrons. The number of ketones is 1. The lowest BCUT2D eigenvalue weighted by atomic mass is 9.95. The Labute approximate surface area is 283 Å². The number of anilines is 1. The van der Waals surface area contributed by atoms with E-state index in [0.29, 0.717) is 49.9 Å². The number of aryl methyl sites for hydroxylation is 1. The Morgan fingerprint density at radius 1 is 0.938 bits per heavy atom. The van der Waals surface area contributed by atoms with Crippen LogP contribution in [0.1, 0.15) is 28.6 Å². The molecule has 3 aromatic carbocycles. The number of rotatable bonds is 9. The van der Waals surface area contributed by atoms with E-state index < -0.39 is 17.7 Å². The van der Waals surface area contributed by atoms with Gasteiger partial charge in [0, 0.05) is 11.9 Å². The van der Waals surface area contributed by atoms with Crippen molar-refractivity contribution in [3.05, 3.63) is 107 Å². The van der Waals surface area contributed by atoms with Crippen molar-refractivity contribution >= 4 is 62.1 Å². The van der Waals surface area contributed by atoms with Crippen LogP contribution in [0.3, 0.4) is 0 Å². The number of hydrogen-bond donors (Lipinski definition) is 1. The highest BCUT2D eigenvalue weighted by Gasteiger charge is 2.49. The Balaban J connectivity index is 1.35. The minimum atomic E-state index is -1.11. The summed E-state index contributed by atoms with van der Waals surface area (Å²) >= 11 is 2.67. The third-order valence-corrected chi connectivity index (χ3v) is 10.3. The second-order valence-electron chi connectivity index (χ2n) is 10.9. The van der Waals surface area contributed by atoms with Gasteiger partial charge in [-0.05, 0) is 53.1 Å². The maximum Gasteiger partial charge on any atom is 0.301 e. The van der Waals surface area contributed by atoms with Crippen molar-refractivity contribution in [2.75, 3.05) is 26.2 Å². The van der Waals surface area contributed by atoms with Crippen LogP contribution in [0.25, 0.3) is 22.2 Å². The first-order valence-corrected chi connectivity index (χ1v) is 16.6. The first kappa shape index (κ1) is 31.2. The van der Waals surface area contributed by atoms with Crippen LogP contribution >= 0.6 is 23.1 Å². The molecule has 4 heterocycles. The Bertz CT molecular complexity index is 2230. The lowest BCUT2D eigenvalue weighted by molar-refractivity contribution is -0.132. The zero-order valence-corrected chi connectivity index (χ0v) is 28.0. The van der Waals surface area contributed by atoms with Crippen molar-refractivity contribution in [3.8, 4) is 17.2 Å². The van der Waals surface area contributed by atoms with Crippen LogP contribution < -0.4 is 19.1 Å². The number of ether oxygens (including phenoxy) is 3. The number of nitrogens with zero attached hydrogens (tertiary/aromatic N) is 5. The van der Waals surface area contributed by atoms with Crippen LogP contribution in [0.2, 0.25) is 0 Å². The number of methoxy groups -OCH3 is 3. The van der Waals surface area contributed by atoms with Gasteiger partial charge < -0.3 is 19.3 Å². The molecular weight excluding hydrogens is 651 g/mol. The largest absolute Gasteiger partial charge is 0.505 e. The highest BCUT2D eigenvalue weighted by Crippen LogP contribution is 2.48. The summed E-state index contributed by atoms with van der Waals surface area (Å²) in [6.07, 6.45) is 1.74. The van der Waals surface area contributed by atoms with Crippen molar-refractivity contribution < 1.29 is 28.9 Å². The second kappa shape index (κ2) is 12.7. The molecule has 0 aliphatic carbocycles. The molecule has 6 aromatic rings. The molecule has 48 heavy (non-hydrogen) atoms. The molecule has 0 radical (unpaired) electrons.